The number of fused-ring (bicyclic) bond motifs is 1. The van der Waals surface area contributed by atoms with Crippen LogP contribution in [0, 0.1) is 11.8 Å². The van der Waals surface area contributed by atoms with Crippen molar-refractivity contribution >= 4 is 49.0 Å². The molecule has 2 saturated heterocycles. The normalized spacial score (nSPS) is 19.3. The van der Waals surface area contributed by atoms with Crippen LogP contribution in [0.5, 0.6) is 0 Å². The minimum Gasteiger partial charge on any atom is -0.378 e. The summed E-state index contributed by atoms with van der Waals surface area (Å²) in [7, 11) is -3.11. The highest BCUT2D eigenvalue weighted by Gasteiger charge is 2.22. The molecule has 2 aromatic rings. The van der Waals surface area contributed by atoms with Crippen LogP contribution < -0.4 is 4.90 Å². The molecule has 4 heterocycles. The van der Waals surface area contributed by atoms with Gasteiger partial charge < -0.3 is 9.64 Å². The number of rotatable bonds is 3. The fourth-order valence-electron chi connectivity index (χ4n) is 3.40. The third kappa shape index (κ3) is 4.99. The molecule has 0 spiro atoms. The summed E-state index contributed by atoms with van der Waals surface area (Å²) in [4.78, 5) is 14.0. The smallest absolute Gasteiger partial charge is 0.224 e. The summed E-state index contributed by atoms with van der Waals surface area (Å²) in [5, 5.41) is 0.236. The molecule has 2 aliphatic rings. The zero-order valence-electron chi connectivity index (χ0n) is 16.1. The first-order chi connectivity index (χ1) is 13.9. The monoisotopic (exact) mass is 455 g/mol. The van der Waals surface area contributed by atoms with Crippen LogP contribution in [0.3, 0.4) is 0 Å². The number of piperazine rings is 1. The minimum atomic E-state index is -3.11. The Morgan fingerprint density at radius 1 is 1.17 bits per heavy atom. The van der Waals surface area contributed by atoms with Crippen molar-refractivity contribution in [3.8, 4) is 11.8 Å². The van der Waals surface area contributed by atoms with Gasteiger partial charge in [-0.05, 0) is 17.7 Å². The highest BCUT2D eigenvalue weighted by Crippen LogP contribution is 2.33. The number of sulfonamides is 1. The highest BCUT2D eigenvalue weighted by atomic mass is 35.5. The number of anilines is 1. The quantitative estimate of drug-likeness (QED) is 0.506. The van der Waals surface area contributed by atoms with Crippen molar-refractivity contribution in [3.05, 3.63) is 16.2 Å². The highest BCUT2D eigenvalue weighted by molar-refractivity contribution is 7.88. The van der Waals surface area contributed by atoms with E-state index in [2.05, 4.69) is 31.6 Å². The molecule has 29 heavy (non-hydrogen) atoms. The van der Waals surface area contributed by atoms with Crippen LogP contribution in [-0.2, 0) is 14.8 Å². The van der Waals surface area contributed by atoms with Gasteiger partial charge in [0.2, 0.25) is 15.3 Å². The zero-order valence-corrected chi connectivity index (χ0v) is 18.5. The van der Waals surface area contributed by atoms with Crippen LogP contribution in [0.1, 0.15) is 4.88 Å². The van der Waals surface area contributed by atoms with Crippen molar-refractivity contribution in [1.29, 1.82) is 0 Å². The third-order valence-electron chi connectivity index (χ3n) is 4.95. The van der Waals surface area contributed by atoms with Gasteiger partial charge in [-0.2, -0.15) is 9.29 Å². The van der Waals surface area contributed by atoms with Gasteiger partial charge in [0.25, 0.3) is 0 Å². The maximum Gasteiger partial charge on any atom is 0.224 e. The number of hydrogen-bond donors (Lipinski definition) is 0. The molecule has 4 rings (SSSR count). The lowest BCUT2D eigenvalue weighted by Gasteiger charge is -2.31. The Morgan fingerprint density at radius 2 is 1.90 bits per heavy atom. The van der Waals surface area contributed by atoms with E-state index in [-0.39, 0.29) is 5.28 Å². The molecule has 11 heteroatoms. The maximum atomic E-state index is 11.6. The number of aromatic nitrogens is 2. The summed E-state index contributed by atoms with van der Waals surface area (Å²) in [5.74, 6) is 7.26. The van der Waals surface area contributed by atoms with Crippen molar-refractivity contribution in [3.63, 3.8) is 0 Å². The van der Waals surface area contributed by atoms with Crippen molar-refractivity contribution in [2.45, 2.75) is 0 Å². The van der Waals surface area contributed by atoms with Crippen molar-refractivity contribution in [2.75, 3.05) is 70.2 Å². The van der Waals surface area contributed by atoms with Gasteiger partial charge in [0.05, 0.1) is 41.1 Å². The minimum absolute atomic E-state index is 0.236. The Morgan fingerprint density at radius 3 is 2.59 bits per heavy atom. The molecule has 156 valence electrons. The fraction of sp³-hybridized carbons (Fsp3) is 0.556. The average Bonchev–Trinajstić information content (AvgIpc) is 3.10. The van der Waals surface area contributed by atoms with Gasteiger partial charge in [-0.15, -0.1) is 11.3 Å². The van der Waals surface area contributed by atoms with E-state index in [1.54, 1.807) is 11.3 Å². The zero-order chi connectivity index (χ0) is 20.4. The Balaban J connectivity index is 1.46. The van der Waals surface area contributed by atoms with E-state index in [1.807, 2.05) is 6.07 Å². The predicted molar refractivity (Wildman–Crippen MR) is 115 cm³/mol. The third-order valence-corrected chi connectivity index (χ3v) is 7.46. The molecule has 0 bridgehead atoms. The molecule has 0 radical (unpaired) electrons. The van der Waals surface area contributed by atoms with Gasteiger partial charge in [0, 0.05) is 39.3 Å². The van der Waals surface area contributed by atoms with Crippen LogP contribution in [0.25, 0.3) is 10.2 Å². The molecular formula is C18H22ClN5O3S2. The van der Waals surface area contributed by atoms with E-state index in [9.17, 15) is 8.42 Å². The van der Waals surface area contributed by atoms with E-state index in [0.29, 0.717) is 45.9 Å². The number of hydrogen-bond acceptors (Lipinski definition) is 8. The van der Waals surface area contributed by atoms with Gasteiger partial charge in [-0.3, -0.25) is 4.90 Å². The lowest BCUT2D eigenvalue weighted by molar-refractivity contribution is 0.122. The van der Waals surface area contributed by atoms with Crippen molar-refractivity contribution in [1.82, 2.24) is 19.2 Å². The summed E-state index contributed by atoms with van der Waals surface area (Å²) >= 11 is 7.71. The Bertz CT molecular complexity index is 1050. The summed E-state index contributed by atoms with van der Waals surface area (Å²) in [6.45, 7) is 5.92. The molecule has 0 aliphatic carbocycles. The molecule has 0 N–H and O–H groups in total. The number of thiophene rings is 1. The summed E-state index contributed by atoms with van der Waals surface area (Å²) in [6, 6.07) is 1.95. The molecule has 0 atom stereocenters. The number of halogens is 1. The number of morpholine rings is 1. The van der Waals surface area contributed by atoms with E-state index >= 15 is 0 Å². The van der Waals surface area contributed by atoms with Gasteiger partial charge in [0.15, 0.2) is 5.82 Å². The van der Waals surface area contributed by atoms with Crippen LogP contribution in [0.4, 0.5) is 5.82 Å². The molecule has 2 fully saturated rings. The fourth-order valence-corrected chi connectivity index (χ4v) is 5.38. The standard InChI is InChI=1S/C18H22ClN5O3S2/c1-29(25,26)24-7-5-22(6-8-24)4-2-3-14-13-15-16(28-14)17(21-18(19)20-15)23-9-11-27-12-10-23/h13H,4-12H2,1H3. The SMILES string of the molecule is CS(=O)(=O)N1CCN(CC#Cc2cc3nc(Cl)nc(N4CCOCC4)c3s2)CC1. The summed E-state index contributed by atoms with van der Waals surface area (Å²) in [6.07, 6.45) is 1.25. The number of ether oxygens (including phenoxy) is 1. The second-order valence-corrected chi connectivity index (χ2v) is 10.4. The topological polar surface area (TPSA) is 78.9 Å². The second kappa shape index (κ2) is 8.71. The van der Waals surface area contributed by atoms with Gasteiger partial charge in [0.1, 0.15) is 0 Å². The summed E-state index contributed by atoms with van der Waals surface area (Å²) < 4.78 is 31.1. The first-order valence-electron chi connectivity index (χ1n) is 9.36. The van der Waals surface area contributed by atoms with Crippen LogP contribution in [-0.4, -0.2) is 92.9 Å². The molecule has 0 saturated carbocycles. The molecule has 2 aliphatic heterocycles. The lowest BCUT2D eigenvalue weighted by atomic mass is 10.3. The Labute approximate surface area is 179 Å². The van der Waals surface area contributed by atoms with Crippen molar-refractivity contribution in [2.24, 2.45) is 0 Å². The van der Waals surface area contributed by atoms with Crippen molar-refractivity contribution < 1.29 is 13.2 Å². The van der Waals surface area contributed by atoms with E-state index in [1.165, 1.54) is 10.6 Å². The Kier molecular flexibility index (Phi) is 6.24. The van der Waals surface area contributed by atoms with Gasteiger partial charge in [-0.1, -0.05) is 11.8 Å². The van der Waals surface area contributed by atoms with Gasteiger partial charge >= 0.3 is 0 Å². The maximum absolute atomic E-state index is 11.6. The second-order valence-electron chi connectivity index (χ2n) is 6.98. The van der Waals surface area contributed by atoms with E-state index in [4.69, 9.17) is 16.3 Å². The first-order valence-corrected chi connectivity index (χ1v) is 12.4. The molecular weight excluding hydrogens is 434 g/mol. The number of nitrogens with zero attached hydrogens (tertiary/aromatic N) is 5. The summed E-state index contributed by atoms with van der Waals surface area (Å²) in [5.41, 5.74) is 0.808. The van der Waals surface area contributed by atoms with Gasteiger partial charge in [-0.25, -0.2) is 13.4 Å². The molecule has 0 aromatic carbocycles. The average molecular weight is 456 g/mol. The lowest BCUT2D eigenvalue weighted by Crippen LogP contribution is -2.48. The van der Waals surface area contributed by atoms with Crippen LogP contribution in [0.15, 0.2) is 6.07 Å². The van der Waals surface area contributed by atoms with E-state index < -0.39 is 10.0 Å². The largest absolute Gasteiger partial charge is 0.378 e. The van der Waals surface area contributed by atoms with Crippen LogP contribution in [0.2, 0.25) is 5.28 Å². The molecule has 0 unspecified atom stereocenters. The molecule has 2 aromatic heterocycles. The predicted octanol–water partition coefficient (Wildman–Crippen LogP) is 1.11. The Hall–Kier alpha value is -1.48. The first kappa shape index (κ1) is 20.8. The molecule has 0 amide bonds. The van der Waals surface area contributed by atoms with Crippen LogP contribution >= 0.6 is 22.9 Å². The molecule has 8 nitrogen and oxygen atoms in total. The van der Waals surface area contributed by atoms with E-state index in [0.717, 1.165) is 34.0 Å².